The van der Waals surface area contributed by atoms with Crippen LogP contribution in [0.3, 0.4) is 0 Å². The molecule has 1 amide bonds. The second kappa shape index (κ2) is 9.29. The predicted octanol–water partition coefficient (Wildman–Crippen LogP) is 5.77. The summed E-state index contributed by atoms with van der Waals surface area (Å²) in [6, 6.07) is 16.3. The van der Waals surface area contributed by atoms with Crippen LogP contribution in [-0.4, -0.2) is 29.0 Å². The van der Waals surface area contributed by atoms with Crippen LogP contribution in [0.1, 0.15) is 53.6 Å². The van der Waals surface area contributed by atoms with Crippen LogP contribution in [-0.2, 0) is 9.59 Å². The van der Waals surface area contributed by atoms with Gasteiger partial charge in [-0.15, -0.1) is 0 Å². The summed E-state index contributed by atoms with van der Waals surface area (Å²) >= 11 is 0. The standard InChI is InChI=1S/C29H29NO5/c1-16(2)22-15-20(9-13-24(22)35-5)27(32)25-26(19-7-10-21(31)11-8-19)30(29(34)28(25)33)23-12-6-17(3)14-18(23)4/h6-16,26,31-32H,1-5H3/b27-25-. The number of phenolic OH excluding ortho intramolecular Hbond substituents is 1. The van der Waals surface area contributed by atoms with Gasteiger partial charge in [-0.05, 0) is 72.9 Å². The summed E-state index contributed by atoms with van der Waals surface area (Å²) in [5.41, 5.74) is 4.36. The van der Waals surface area contributed by atoms with E-state index < -0.39 is 17.7 Å². The summed E-state index contributed by atoms with van der Waals surface area (Å²) in [4.78, 5) is 28.2. The largest absolute Gasteiger partial charge is 0.508 e. The van der Waals surface area contributed by atoms with Crippen LogP contribution in [0.2, 0.25) is 0 Å². The SMILES string of the molecule is COc1ccc(/C(O)=C2/C(=O)C(=O)N(c3ccc(C)cc3C)C2c2ccc(O)cc2)cc1C(C)C. The minimum Gasteiger partial charge on any atom is -0.508 e. The number of hydrogen-bond donors (Lipinski definition) is 2. The van der Waals surface area contributed by atoms with Crippen molar-refractivity contribution in [1.29, 1.82) is 0 Å². The molecule has 1 fully saturated rings. The highest BCUT2D eigenvalue weighted by atomic mass is 16.5. The van der Waals surface area contributed by atoms with Gasteiger partial charge in [0.25, 0.3) is 11.7 Å². The van der Waals surface area contributed by atoms with Crippen LogP contribution in [0.5, 0.6) is 11.5 Å². The molecule has 1 saturated heterocycles. The minimum absolute atomic E-state index is 0.000498. The summed E-state index contributed by atoms with van der Waals surface area (Å²) in [7, 11) is 1.58. The van der Waals surface area contributed by atoms with E-state index in [1.807, 2.05) is 45.9 Å². The molecule has 6 nitrogen and oxygen atoms in total. The van der Waals surface area contributed by atoms with Crippen molar-refractivity contribution >= 4 is 23.1 Å². The fourth-order valence-electron chi connectivity index (χ4n) is 4.62. The zero-order valence-corrected chi connectivity index (χ0v) is 20.5. The second-order valence-corrected chi connectivity index (χ2v) is 9.16. The maximum absolute atomic E-state index is 13.4. The number of carbonyl (C=O) groups is 2. The molecule has 1 heterocycles. The van der Waals surface area contributed by atoms with E-state index in [0.29, 0.717) is 22.6 Å². The van der Waals surface area contributed by atoms with Crippen LogP contribution >= 0.6 is 0 Å². The quantitative estimate of drug-likeness (QED) is 0.280. The lowest BCUT2D eigenvalue weighted by atomic mass is 9.93. The molecule has 180 valence electrons. The summed E-state index contributed by atoms with van der Waals surface area (Å²) in [5.74, 6) is -0.866. The van der Waals surface area contributed by atoms with Crippen LogP contribution in [0.15, 0.2) is 66.2 Å². The molecule has 0 spiro atoms. The molecule has 2 N–H and O–H groups in total. The summed E-state index contributed by atoms with van der Waals surface area (Å²) in [6.45, 7) is 7.86. The molecule has 1 unspecified atom stereocenters. The van der Waals surface area contributed by atoms with Gasteiger partial charge in [0.1, 0.15) is 17.3 Å². The topological polar surface area (TPSA) is 87.1 Å². The van der Waals surface area contributed by atoms with Crippen molar-refractivity contribution in [2.45, 2.75) is 39.7 Å². The number of benzene rings is 3. The lowest BCUT2D eigenvalue weighted by Gasteiger charge is -2.27. The molecular formula is C29H29NO5. The molecule has 3 aromatic carbocycles. The number of ether oxygens (including phenoxy) is 1. The highest BCUT2D eigenvalue weighted by Gasteiger charge is 2.47. The molecule has 6 heteroatoms. The number of phenols is 1. The van der Waals surface area contributed by atoms with Gasteiger partial charge in [0.05, 0.1) is 18.7 Å². The molecule has 3 aromatic rings. The number of carbonyl (C=O) groups excluding carboxylic acids is 2. The third kappa shape index (κ3) is 4.28. The van der Waals surface area contributed by atoms with Gasteiger partial charge in [-0.3, -0.25) is 14.5 Å². The monoisotopic (exact) mass is 471 g/mol. The third-order valence-corrected chi connectivity index (χ3v) is 6.39. The first kappa shape index (κ1) is 24.1. The van der Waals surface area contributed by atoms with Gasteiger partial charge >= 0.3 is 0 Å². The maximum atomic E-state index is 13.4. The van der Waals surface area contributed by atoms with Gasteiger partial charge < -0.3 is 14.9 Å². The number of aliphatic hydroxyl groups excluding tert-OH is 1. The Balaban J connectivity index is 1.96. The van der Waals surface area contributed by atoms with Gasteiger partial charge in [0, 0.05) is 11.3 Å². The first-order valence-electron chi connectivity index (χ1n) is 11.5. The summed E-state index contributed by atoms with van der Waals surface area (Å²) < 4.78 is 5.45. The number of aliphatic hydroxyl groups is 1. The molecule has 1 aliphatic rings. The Labute approximate surface area is 205 Å². The van der Waals surface area contributed by atoms with E-state index in [1.165, 1.54) is 17.0 Å². The maximum Gasteiger partial charge on any atom is 0.300 e. The Morgan fingerprint density at radius 1 is 0.971 bits per heavy atom. The highest BCUT2D eigenvalue weighted by molar-refractivity contribution is 6.51. The first-order valence-corrected chi connectivity index (χ1v) is 11.5. The molecule has 0 saturated carbocycles. The van der Waals surface area contributed by atoms with Crippen molar-refractivity contribution < 1.29 is 24.5 Å². The average molecular weight is 472 g/mol. The second-order valence-electron chi connectivity index (χ2n) is 9.16. The average Bonchev–Trinajstić information content (AvgIpc) is 3.09. The first-order chi connectivity index (χ1) is 16.6. The molecule has 35 heavy (non-hydrogen) atoms. The van der Waals surface area contributed by atoms with Crippen LogP contribution in [0, 0.1) is 13.8 Å². The number of Topliss-reactive ketones (excluding diaryl/α,β-unsaturated/α-hetero) is 1. The Morgan fingerprint density at radius 2 is 1.66 bits per heavy atom. The fraction of sp³-hybridized carbons (Fsp3) is 0.241. The Bertz CT molecular complexity index is 1340. The summed E-state index contributed by atoms with van der Waals surface area (Å²) in [5, 5.41) is 21.3. The number of aryl methyl sites for hydroxylation is 2. The number of anilines is 1. The number of ketones is 1. The van der Waals surface area contributed by atoms with Crippen LogP contribution in [0.4, 0.5) is 5.69 Å². The molecule has 0 radical (unpaired) electrons. The normalized spacial score (nSPS) is 17.3. The zero-order valence-electron chi connectivity index (χ0n) is 20.5. The van der Waals surface area contributed by atoms with E-state index in [2.05, 4.69) is 0 Å². The van der Waals surface area contributed by atoms with E-state index in [0.717, 1.165) is 16.7 Å². The fourth-order valence-corrected chi connectivity index (χ4v) is 4.62. The highest BCUT2D eigenvalue weighted by Crippen LogP contribution is 2.44. The molecule has 1 atom stereocenters. The zero-order chi connectivity index (χ0) is 25.4. The number of nitrogens with zero attached hydrogens (tertiary/aromatic N) is 1. The Morgan fingerprint density at radius 3 is 2.26 bits per heavy atom. The number of methoxy groups -OCH3 is 1. The van der Waals surface area contributed by atoms with Crippen molar-refractivity contribution in [2.75, 3.05) is 12.0 Å². The Kier molecular flexibility index (Phi) is 6.39. The van der Waals surface area contributed by atoms with Crippen molar-refractivity contribution in [3.63, 3.8) is 0 Å². The lowest BCUT2D eigenvalue weighted by molar-refractivity contribution is -0.132. The van der Waals surface area contributed by atoms with Crippen LogP contribution < -0.4 is 9.64 Å². The van der Waals surface area contributed by atoms with Crippen molar-refractivity contribution in [3.05, 3.63) is 94.1 Å². The summed E-state index contributed by atoms with van der Waals surface area (Å²) in [6.07, 6.45) is 0. The van der Waals surface area contributed by atoms with E-state index in [1.54, 1.807) is 37.4 Å². The van der Waals surface area contributed by atoms with Crippen molar-refractivity contribution in [3.8, 4) is 11.5 Å². The molecule has 0 bridgehead atoms. The lowest BCUT2D eigenvalue weighted by Crippen LogP contribution is -2.30. The molecule has 0 aliphatic carbocycles. The number of amides is 1. The van der Waals surface area contributed by atoms with Gasteiger partial charge in [0.15, 0.2) is 0 Å². The van der Waals surface area contributed by atoms with Gasteiger partial charge in [-0.25, -0.2) is 0 Å². The number of hydrogen-bond acceptors (Lipinski definition) is 5. The number of aromatic hydroxyl groups is 1. The molecule has 4 rings (SSSR count). The van der Waals surface area contributed by atoms with Crippen molar-refractivity contribution in [2.24, 2.45) is 0 Å². The van der Waals surface area contributed by atoms with Crippen molar-refractivity contribution in [1.82, 2.24) is 0 Å². The minimum atomic E-state index is -0.860. The van der Waals surface area contributed by atoms with Crippen LogP contribution in [0.25, 0.3) is 5.76 Å². The van der Waals surface area contributed by atoms with Gasteiger partial charge in [-0.1, -0.05) is 43.7 Å². The molecular weight excluding hydrogens is 442 g/mol. The van der Waals surface area contributed by atoms with E-state index in [4.69, 9.17) is 4.74 Å². The molecule has 1 aliphatic heterocycles. The van der Waals surface area contributed by atoms with E-state index >= 15 is 0 Å². The number of rotatable bonds is 5. The molecule has 0 aromatic heterocycles. The van der Waals surface area contributed by atoms with E-state index in [9.17, 15) is 19.8 Å². The van der Waals surface area contributed by atoms with E-state index in [-0.39, 0.29) is 23.0 Å². The smallest absolute Gasteiger partial charge is 0.300 e. The predicted molar refractivity (Wildman–Crippen MR) is 136 cm³/mol. The Hall–Kier alpha value is -4.06. The third-order valence-electron chi connectivity index (χ3n) is 6.39. The van der Waals surface area contributed by atoms with Gasteiger partial charge in [0.2, 0.25) is 0 Å². The van der Waals surface area contributed by atoms with Gasteiger partial charge in [-0.2, -0.15) is 0 Å².